The monoisotopic (exact) mass is 378 g/mol. The minimum Gasteiger partial charge on any atom is -0.454 e. The quantitative estimate of drug-likeness (QED) is 0.691. The molecule has 3 aromatic rings. The molecule has 0 spiro atoms. The van der Waals surface area contributed by atoms with Gasteiger partial charge in [-0.2, -0.15) is 4.98 Å². The van der Waals surface area contributed by atoms with Gasteiger partial charge in [0.05, 0.1) is 0 Å². The summed E-state index contributed by atoms with van der Waals surface area (Å²) < 4.78 is 16.4. The molecular weight excluding hydrogens is 356 g/mol. The maximum Gasteiger partial charge on any atom is 0.324 e. The van der Waals surface area contributed by atoms with E-state index in [4.69, 9.17) is 14.0 Å². The third-order valence-corrected chi connectivity index (χ3v) is 5.21. The minimum absolute atomic E-state index is 0.312. The highest BCUT2D eigenvalue weighted by Gasteiger charge is 2.22. The number of hydrogen-bond acceptors (Lipinski definition) is 7. The Hall–Kier alpha value is -3.06. The smallest absolute Gasteiger partial charge is 0.324 e. The van der Waals surface area contributed by atoms with Crippen molar-refractivity contribution >= 4 is 6.01 Å². The Morgan fingerprint density at radius 3 is 2.54 bits per heavy atom. The number of benzene rings is 2. The molecule has 0 aliphatic carbocycles. The highest BCUT2D eigenvalue weighted by molar-refractivity contribution is 5.56. The first kappa shape index (κ1) is 17.1. The van der Waals surface area contributed by atoms with Crippen LogP contribution in [-0.4, -0.2) is 48.0 Å². The Bertz CT molecular complexity index is 962. The van der Waals surface area contributed by atoms with Crippen molar-refractivity contribution in [3.05, 3.63) is 53.6 Å². The zero-order chi connectivity index (χ0) is 18.9. The van der Waals surface area contributed by atoms with Crippen LogP contribution in [0.25, 0.3) is 11.4 Å². The SMILES string of the molecule is Cc1ccc(-c2noc(N3CCN(Cc4ccc5c(c4)OCO5)CC3)n2)cc1. The van der Waals surface area contributed by atoms with Gasteiger partial charge in [-0.1, -0.05) is 41.1 Å². The largest absolute Gasteiger partial charge is 0.454 e. The van der Waals surface area contributed by atoms with Crippen LogP contribution >= 0.6 is 0 Å². The van der Waals surface area contributed by atoms with Gasteiger partial charge in [0.1, 0.15) is 0 Å². The molecule has 0 atom stereocenters. The van der Waals surface area contributed by atoms with Gasteiger partial charge < -0.3 is 18.9 Å². The summed E-state index contributed by atoms with van der Waals surface area (Å²) in [6, 6.07) is 14.9. The normalized spacial score (nSPS) is 16.5. The Morgan fingerprint density at radius 2 is 1.71 bits per heavy atom. The average molecular weight is 378 g/mol. The number of ether oxygens (including phenoxy) is 2. The molecule has 7 nitrogen and oxygen atoms in total. The maximum atomic E-state index is 5.51. The molecule has 2 aliphatic rings. The van der Waals surface area contributed by atoms with Crippen LogP contribution in [0.3, 0.4) is 0 Å². The number of anilines is 1. The molecule has 5 rings (SSSR count). The Morgan fingerprint density at radius 1 is 0.929 bits per heavy atom. The number of fused-ring (bicyclic) bond motifs is 1. The molecular formula is C21H22N4O3. The molecule has 0 unspecified atom stereocenters. The first-order valence-electron chi connectivity index (χ1n) is 9.51. The van der Waals surface area contributed by atoms with Crippen LogP contribution in [0.4, 0.5) is 6.01 Å². The second-order valence-corrected chi connectivity index (χ2v) is 7.22. The van der Waals surface area contributed by atoms with Crippen molar-refractivity contribution in [2.75, 3.05) is 37.9 Å². The van der Waals surface area contributed by atoms with Crippen molar-refractivity contribution in [1.29, 1.82) is 0 Å². The van der Waals surface area contributed by atoms with Gasteiger partial charge in [0.15, 0.2) is 11.5 Å². The molecule has 1 aromatic heterocycles. The van der Waals surface area contributed by atoms with Gasteiger partial charge in [-0.25, -0.2) is 0 Å². The third kappa shape index (κ3) is 3.41. The number of hydrogen-bond donors (Lipinski definition) is 0. The van der Waals surface area contributed by atoms with E-state index in [1.807, 2.05) is 18.2 Å². The standard InChI is InChI=1S/C21H22N4O3/c1-15-2-5-17(6-3-15)20-22-21(28-23-20)25-10-8-24(9-11-25)13-16-4-7-18-19(12-16)27-14-26-18/h2-7,12H,8-11,13-14H2,1H3. The van der Waals surface area contributed by atoms with E-state index in [9.17, 15) is 0 Å². The molecule has 0 radical (unpaired) electrons. The Labute approximate surface area is 163 Å². The lowest BCUT2D eigenvalue weighted by molar-refractivity contribution is 0.174. The van der Waals surface area contributed by atoms with Gasteiger partial charge in [0.25, 0.3) is 0 Å². The van der Waals surface area contributed by atoms with Crippen molar-refractivity contribution in [1.82, 2.24) is 15.0 Å². The summed E-state index contributed by atoms with van der Waals surface area (Å²) in [5, 5.41) is 4.14. The van der Waals surface area contributed by atoms with Crippen LogP contribution in [0.1, 0.15) is 11.1 Å². The molecule has 0 N–H and O–H groups in total. The highest BCUT2D eigenvalue weighted by atomic mass is 16.7. The van der Waals surface area contributed by atoms with E-state index in [0.29, 0.717) is 18.6 Å². The molecule has 1 fully saturated rings. The Kier molecular flexibility index (Phi) is 4.37. The predicted molar refractivity (Wildman–Crippen MR) is 105 cm³/mol. The number of rotatable bonds is 4. The van der Waals surface area contributed by atoms with E-state index in [2.05, 4.69) is 51.1 Å². The second-order valence-electron chi connectivity index (χ2n) is 7.22. The number of aromatic nitrogens is 2. The van der Waals surface area contributed by atoms with Gasteiger partial charge in [-0.3, -0.25) is 4.90 Å². The van der Waals surface area contributed by atoms with E-state index in [-0.39, 0.29) is 0 Å². The van der Waals surface area contributed by atoms with Crippen molar-refractivity contribution in [3.63, 3.8) is 0 Å². The molecule has 2 aliphatic heterocycles. The summed E-state index contributed by atoms with van der Waals surface area (Å²) in [5.41, 5.74) is 3.42. The summed E-state index contributed by atoms with van der Waals surface area (Å²) in [5.74, 6) is 2.30. The van der Waals surface area contributed by atoms with E-state index >= 15 is 0 Å². The van der Waals surface area contributed by atoms with Gasteiger partial charge in [-0.15, -0.1) is 0 Å². The minimum atomic E-state index is 0.312. The average Bonchev–Trinajstić information content (AvgIpc) is 3.38. The fraction of sp³-hybridized carbons (Fsp3) is 0.333. The number of aryl methyl sites for hydroxylation is 1. The lowest BCUT2D eigenvalue weighted by atomic mass is 10.1. The zero-order valence-electron chi connectivity index (χ0n) is 15.8. The molecule has 7 heteroatoms. The fourth-order valence-corrected chi connectivity index (χ4v) is 3.56. The fourth-order valence-electron chi connectivity index (χ4n) is 3.56. The molecule has 3 heterocycles. The van der Waals surface area contributed by atoms with Crippen LogP contribution in [0, 0.1) is 6.92 Å². The van der Waals surface area contributed by atoms with E-state index in [1.165, 1.54) is 11.1 Å². The summed E-state index contributed by atoms with van der Waals surface area (Å²) in [7, 11) is 0. The van der Waals surface area contributed by atoms with Crippen molar-refractivity contribution in [2.45, 2.75) is 13.5 Å². The maximum absolute atomic E-state index is 5.51. The van der Waals surface area contributed by atoms with Crippen LogP contribution in [-0.2, 0) is 6.54 Å². The van der Waals surface area contributed by atoms with Crippen LogP contribution < -0.4 is 14.4 Å². The first-order chi connectivity index (χ1) is 13.7. The lowest BCUT2D eigenvalue weighted by Crippen LogP contribution is -2.46. The predicted octanol–water partition coefficient (Wildman–Crippen LogP) is 3.10. The van der Waals surface area contributed by atoms with Crippen molar-refractivity contribution in [2.24, 2.45) is 0 Å². The molecule has 2 aromatic carbocycles. The lowest BCUT2D eigenvalue weighted by Gasteiger charge is -2.33. The summed E-state index contributed by atoms with van der Waals surface area (Å²) >= 11 is 0. The molecule has 0 saturated carbocycles. The summed E-state index contributed by atoms with van der Waals surface area (Å²) in [4.78, 5) is 9.16. The van der Waals surface area contributed by atoms with Gasteiger partial charge in [0, 0.05) is 38.3 Å². The molecule has 0 amide bonds. The number of piperazine rings is 1. The van der Waals surface area contributed by atoms with Gasteiger partial charge in [0.2, 0.25) is 12.6 Å². The second kappa shape index (κ2) is 7.16. The number of nitrogens with zero attached hydrogens (tertiary/aromatic N) is 4. The molecule has 1 saturated heterocycles. The van der Waals surface area contributed by atoms with Crippen molar-refractivity contribution < 1.29 is 14.0 Å². The third-order valence-electron chi connectivity index (χ3n) is 5.21. The first-order valence-corrected chi connectivity index (χ1v) is 9.51. The van der Waals surface area contributed by atoms with Crippen molar-refractivity contribution in [3.8, 4) is 22.9 Å². The molecule has 144 valence electrons. The van der Waals surface area contributed by atoms with Crippen LogP contribution in [0.15, 0.2) is 47.0 Å². The van der Waals surface area contributed by atoms with E-state index in [0.717, 1.165) is 49.8 Å². The van der Waals surface area contributed by atoms with E-state index < -0.39 is 0 Å². The van der Waals surface area contributed by atoms with Crippen LogP contribution in [0.5, 0.6) is 11.5 Å². The Balaban J connectivity index is 1.20. The topological polar surface area (TPSA) is 63.9 Å². The summed E-state index contributed by atoms with van der Waals surface area (Å²) in [6.07, 6.45) is 0. The van der Waals surface area contributed by atoms with Gasteiger partial charge >= 0.3 is 6.01 Å². The van der Waals surface area contributed by atoms with Crippen LogP contribution in [0.2, 0.25) is 0 Å². The summed E-state index contributed by atoms with van der Waals surface area (Å²) in [6.45, 7) is 6.87. The molecule has 28 heavy (non-hydrogen) atoms. The van der Waals surface area contributed by atoms with E-state index in [1.54, 1.807) is 0 Å². The highest BCUT2D eigenvalue weighted by Crippen LogP contribution is 2.33. The zero-order valence-corrected chi connectivity index (χ0v) is 15.8. The molecule has 0 bridgehead atoms. The van der Waals surface area contributed by atoms with Gasteiger partial charge in [-0.05, 0) is 24.6 Å².